The van der Waals surface area contributed by atoms with Crippen LogP contribution in [0.2, 0.25) is 18.1 Å². The van der Waals surface area contributed by atoms with Crippen LogP contribution in [0.1, 0.15) is 37.0 Å². The zero-order valence-corrected chi connectivity index (χ0v) is 12.9. The lowest BCUT2D eigenvalue weighted by Gasteiger charge is -2.35. The normalized spacial score (nSPS) is 12.6. The molecule has 0 atom stereocenters. The molecule has 1 aromatic rings. The van der Waals surface area contributed by atoms with E-state index in [1.165, 1.54) is 7.11 Å². The minimum absolute atomic E-state index is 0.137. The first-order valence-electron chi connectivity index (χ1n) is 5.85. The van der Waals surface area contributed by atoms with Gasteiger partial charge in [0.05, 0.1) is 13.7 Å². The molecule has 1 heterocycles. The third-order valence-electron chi connectivity index (χ3n) is 3.33. The third kappa shape index (κ3) is 3.43. The molecular formula is C12H21NO4Si. The van der Waals surface area contributed by atoms with E-state index in [4.69, 9.17) is 8.95 Å². The molecular weight excluding hydrogens is 250 g/mol. The molecule has 1 aromatic heterocycles. The van der Waals surface area contributed by atoms with Gasteiger partial charge in [0.25, 0.3) is 0 Å². The number of ether oxygens (including phenoxy) is 1. The van der Waals surface area contributed by atoms with Crippen LogP contribution in [0.25, 0.3) is 0 Å². The second kappa shape index (κ2) is 5.24. The summed E-state index contributed by atoms with van der Waals surface area (Å²) >= 11 is 0. The Hall–Kier alpha value is -1.14. The number of hydrogen-bond donors (Lipinski definition) is 0. The van der Waals surface area contributed by atoms with E-state index in [-0.39, 0.29) is 10.7 Å². The number of nitrogens with zero attached hydrogens (tertiary/aromatic N) is 1. The highest BCUT2D eigenvalue weighted by Gasteiger charge is 2.37. The zero-order valence-electron chi connectivity index (χ0n) is 11.9. The van der Waals surface area contributed by atoms with Crippen LogP contribution in [-0.2, 0) is 15.8 Å². The average Bonchev–Trinajstić information content (AvgIpc) is 2.72. The Labute approximate surface area is 109 Å². The number of methoxy groups -OCH3 is 1. The first-order chi connectivity index (χ1) is 8.17. The first-order valence-corrected chi connectivity index (χ1v) is 8.76. The van der Waals surface area contributed by atoms with E-state index in [9.17, 15) is 4.79 Å². The number of carbonyl (C=O) groups excluding carboxylic acids is 1. The van der Waals surface area contributed by atoms with Crippen LogP contribution < -0.4 is 0 Å². The highest BCUT2D eigenvalue weighted by atomic mass is 28.4. The van der Waals surface area contributed by atoms with Crippen LogP contribution in [0.4, 0.5) is 0 Å². The molecule has 0 bridgehead atoms. The van der Waals surface area contributed by atoms with Crippen molar-refractivity contribution >= 4 is 14.3 Å². The first kappa shape index (κ1) is 14.9. The van der Waals surface area contributed by atoms with E-state index >= 15 is 0 Å². The van der Waals surface area contributed by atoms with Crippen molar-refractivity contribution in [1.82, 2.24) is 5.16 Å². The Balaban J connectivity index is 2.65. The van der Waals surface area contributed by atoms with Crippen molar-refractivity contribution in [3.8, 4) is 0 Å². The number of esters is 1. The molecule has 0 fully saturated rings. The molecule has 0 aliphatic rings. The lowest BCUT2D eigenvalue weighted by molar-refractivity contribution is 0.0589. The number of aromatic nitrogens is 1. The van der Waals surface area contributed by atoms with Crippen LogP contribution in [0.3, 0.4) is 0 Å². The smallest absolute Gasteiger partial charge is 0.360 e. The molecule has 0 aliphatic carbocycles. The summed E-state index contributed by atoms with van der Waals surface area (Å²) in [7, 11) is -0.510. The van der Waals surface area contributed by atoms with Crippen molar-refractivity contribution in [2.75, 3.05) is 7.11 Å². The van der Waals surface area contributed by atoms with Gasteiger partial charge in [-0.15, -0.1) is 0 Å². The molecule has 0 aliphatic heterocycles. The summed E-state index contributed by atoms with van der Waals surface area (Å²) in [4.78, 5) is 11.2. The largest absolute Gasteiger partial charge is 0.464 e. The Morgan fingerprint density at radius 1 is 1.44 bits per heavy atom. The van der Waals surface area contributed by atoms with Crippen LogP contribution >= 0.6 is 0 Å². The molecule has 1 rings (SSSR count). The molecule has 0 saturated carbocycles. The Morgan fingerprint density at radius 3 is 2.56 bits per heavy atom. The van der Waals surface area contributed by atoms with Crippen LogP contribution in [0.5, 0.6) is 0 Å². The number of hydrogen-bond acceptors (Lipinski definition) is 5. The van der Waals surface area contributed by atoms with Gasteiger partial charge in [0.2, 0.25) is 0 Å². The van der Waals surface area contributed by atoms with E-state index in [2.05, 4.69) is 43.8 Å². The van der Waals surface area contributed by atoms with E-state index in [0.29, 0.717) is 12.4 Å². The van der Waals surface area contributed by atoms with Gasteiger partial charge in [-0.3, -0.25) is 0 Å². The number of rotatable bonds is 4. The van der Waals surface area contributed by atoms with Crippen molar-refractivity contribution in [3.63, 3.8) is 0 Å². The summed E-state index contributed by atoms with van der Waals surface area (Å²) in [6, 6.07) is 1.55. The van der Waals surface area contributed by atoms with Crippen molar-refractivity contribution in [3.05, 3.63) is 17.5 Å². The van der Waals surface area contributed by atoms with Crippen molar-refractivity contribution in [2.45, 2.75) is 45.5 Å². The third-order valence-corrected chi connectivity index (χ3v) is 7.81. The van der Waals surface area contributed by atoms with Gasteiger partial charge in [-0.2, -0.15) is 0 Å². The summed E-state index contributed by atoms with van der Waals surface area (Å²) in [6.07, 6.45) is 0. The van der Waals surface area contributed by atoms with Crippen molar-refractivity contribution < 1.29 is 18.5 Å². The molecule has 0 N–H and O–H groups in total. The van der Waals surface area contributed by atoms with Gasteiger partial charge in [0.1, 0.15) is 0 Å². The van der Waals surface area contributed by atoms with E-state index in [1.807, 2.05) is 0 Å². The molecule has 0 amide bonds. The molecule has 5 nitrogen and oxygen atoms in total. The predicted molar refractivity (Wildman–Crippen MR) is 69.8 cm³/mol. The van der Waals surface area contributed by atoms with Gasteiger partial charge >= 0.3 is 5.97 Å². The molecule has 0 radical (unpaired) electrons. The summed E-state index contributed by atoms with van der Waals surface area (Å²) in [5.41, 5.74) is 0.173. The van der Waals surface area contributed by atoms with Crippen molar-refractivity contribution in [2.24, 2.45) is 0 Å². The van der Waals surface area contributed by atoms with Gasteiger partial charge < -0.3 is 13.7 Å². The quantitative estimate of drug-likeness (QED) is 0.622. The Morgan fingerprint density at radius 2 is 2.06 bits per heavy atom. The molecule has 18 heavy (non-hydrogen) atoms. The fourth-order valence-corrected chi connectivity index (χ4v) is 1.99. The highest BCUT2D eigenvalue weighted by molar-refractivity contribution is 6.74. The van der Waals surface area contributed by atoms with Crippen LogP contribution in [0, 0.1) is 0 Å². The van der Waals surface area contributed by atoms with Crippen LogP contribution in [-0.4, -0.2) is 26.6 Å². The minimum atomic E-state index is -1.82. The standard InChI is InChI=1S/C12H21NO4Si/c1-12(2,3)18(5,6)16-8-9-7-10(13-17-9)11(14)15-4/h7H,8H2,1-6H3. The maximum atomic E-state index is 11.2. The van der Waals surface area contributed by atoms with Crippen molar-refractivity contribution in [1.29, 1.82) is 0 Å². The fourth-order valence-electron chi connectivity index (χ4n) is 1.05. The van der Waals surface area contributed by atoms with E-state index in [0.717, 1.165) is 0 Å². The molecule has 0 aromatic carbocycles. The van der Waals surface area contributed by atoms with Gasteiger partial charge in [-0.25, -0.2) is 4.79 Å². The second-order valence-corrected chi connectivity index (χ2v) is 10.5. The molecule has 6 heteroatoms. The lowest BCUT2D eigenvalue weighted by atomic mass is 10.2. The Bertz CT molecular complexity index is 420. The van der Waals surface area contributed by atoms with Gasteiger partial charge in [0, 0.05) is 6.07 Å². The van der Waals surface area contributed by atoms with E-state index < -0.39 is 14.3 Å². The maximum Gasteiger partial charge on any atom is 0.360 e. The summed E-state index contributed by atoms with van der Waals surface area (Å²) < 4.78 is 15.6. The number of carbonyl (C=O) groups is 1. The van der Waals surface area contributed by atoms with Gasteiger partial charge in [-0.1, -0.05) is 25.9 Å². The minimum Gasteiger partial charge on any atom is -0.464 e. The average molecular weight is 271 g/mol. The van der Waals surface area contributed by atoms with Gasteiger partial charge in [0.15, 0.2) is 19.8 Å². The second-order valence-electron chi connectivity index (χ2n) is 5.72. The van der Waals surface area contributed by atoms with Gasteiger partial charge in [-0.05, 0) is 18.1 Å². The summed E-state index contributed by atoms with van der Waals surface area (Å²) in [5, 5.41) is 3.77. The topological polar surface area (TPSA) is 61.6 Å². The summed E-state index contributed by atoms with van der Waals surface area (Å²) in [5.74, 6) is 0.0394. The molecule has 0 spiro atoms. The van der Waals surface area contributed by atoms with E-state index in [1.54, 1.807) is 6.07 Å². The Kier molecular flexibility index (Phi) is 4.34. The molecule has 102 valence electrons. The highest BCUT2D eigenvalue weighted by Crippen LogP contribution is 2.37. The SMILES string of the molecule is COC(=O)c1cc(CO[Si](C)(C)C(C)(C)C)on1. The lowest BCUT2D eigenvalue weighted by Crippen LogP contribution is -2.40. The molecule has 0 unspecified atom stereocenters. The summed E-state index contributed by atoms with van der Waals surface area (Å²) in [6.45, 7) is 11.1. The zero-order chi connectivity index (χ0) is 14.0. The van der Waals surface area contributed by atoms with Crippen LogP contribution in [0.15, 0.2) is 10.6 Å². The molecule has 0 saturated heterocycles. The fraction of sp³-hybridized carbons (Fsp3) is 0.667. The maximum absolute atomic E-state index is 11.2. The monoisotopic (exact) mass is 271 g/mol. The predicted octanol–water partition coefficient (Wildman–Crippen LogP) is 2.98.